The number of fused-ring (bicyclic) bond motifs is 3. The van der Waals surface area contributed by atoms with Gasteiger partial charge in [0.1, 0.15) is 16.8 Å². The Morgan fingerprint density at radius 3 is 2.78 bits per heavy atom. The van der Waals surface area contributed by atoms with Crippen molar-refractivity contribution in [2.45, 2.75) is 57.7 Å². The lowest BCUT2D eigenvalue weighted by Crippen LogP contribution is -2.25. The first-order valence-corrected chi connectivity index (χ1v) is 13.1. The number of methoxy groups -OCH3 is 1. The number of aliphatic hydroxyl groups is 1. The molecule has 8 nitrogen and oxygen atoms in total. The first kappa shape index (κ1) is 25.0. The molecule has 2 heterocycles. The summed E-state index contributed by atoms with van der Waals surface area (Å²) in [6.45, 7) is 2.67. The lowest BCUT2D eigenvalue weighted by atomic mass is 9.90. The second kappa shape index (κ2) is 10.8. The summed E-state index contributed by atoms with van der Waals surface area (Å²) >= 11 is 0. The van der Waals surface area contributed by atoms with Gasteiger partial charge < -0.3 is 31.2 Å². The normalized spacial score (nSPS) is 16.6. The van der Waals surface area contributed by atoms with Crippen LogP contribution in [0.25, 0.3) is 27.5 Å². The molecule has 1 aliphatic carbocycles. The molecule has 0 saturated carbocycles. The first-order chi connectivity index (χ1) is 18.0. The number of allylic oxidation sites excluding steroid dienone is 1. The number of aliphatic hydroxyl groups excluding tert-OH is 1. The molecule has 0 saturated heterocycles. The van der Waals surface area contributed by atoms with E-state index in [2.05, 4.69) is 57.1 Å². The van der Waals surface area contributed by atoms with Crippen molar-refractivity contribution in [2.75, 3.05) is 24.8 Å². The number of rotatable bonds is 9. The van der Waals surface area contributed by atoms with Gasteiger partial charge in [0.05, 0.1) is 31.8 Å². The number of para-hydroxylation sites is 1. The molecule has 0 aliphatic heterocycles. The number of anilines is 2. The van der Waals surface area contributed by atoms with Crippen molar-refractivity contribution in [3.05, 3.63) is 59.7 Å². The van der Waals surface area contributed by atoms with Gasteiger partial charge >= 0.3 is 0 Å². The van der Waals surface area contributed by atoms with E-state index < -0.39 is 0 Å². The highest BCUT2D eigenvalue weighted by molar-refractivity contribution is 6.09. The zero-order chi connectivity index (χ0) is 25.9. The van der Waals surface area contributed by atoms with Crippen LogP contribution in [0.4, 0.5) is 11.8 Å². The molecule has 2 aromatic carbocycles. The summed E-state index contributed by atoms with van der Waals surface area (Å²) in [6.07, 6.45) is 6.90. The Kier molecular flexibility index (Phi) is 7.30. The highest BCUT2D eigenvalue weighted by Gasteiger charge is 2.21. The molecule has 2 atom stereocenters. The molecule has 1 aliphatic rings. The third-order valence-electron chi connectivity index (χ3n) is 7.25. The third-order valence-corrected chi connectivity index (χ3v) is 7.25. The molecule has 194 valence electrons. The van der Waals surface area contributed by atoms with E-state index in [1.54, 1.807) is 7.11 Å². The maximum absolute atomic E-state index is 9.97. The average Bonchev–Trinajstić information content (AvgIpc) is 3.22. The Labute approximate surface area is 217 Å². The molecular formula is C29H36N6O2. The Morgan fingerprint density at radius 1 is 1.22 bits per heavy atom. The Bertz CT molecular complexity index is 1440. The number of aromatic nitrogens is 3. The van der Waals surface area contributed by atoms with Gasteiger partial charge in [-0.2, -0.15) is 4.98 Å². The lowest BCUT2D eigenvalue weighted by molar-refractivity contribution is 0.268. The number of nitrogens with one attached hydrogen (secondary N) is 1. The zero-order valence-corrected chi connectivity index (χ0v) is 21.6. The highest BCUT2D eigenvalue weighted by atomic mass is 16.5. The molecule has 2 aromatic heterocycles. The van der Waals surface area contributed by atoms with Gasteiger partial charge in [-0.05, 0) is 55.0 Å². The number of nitrogens with zero attached hydrogens (tertiary/aromatic N) is 3. The minimum absolute atomic E-state index is 0.00804. The van der Waals surface area contributed by atoms with Gasteiger partial charge in [0.2, 0.25) is 5.95 Å². The number of hydrogen-bond acceptors (Lipinski definition) is 7. The Hall–Kier alpha value is -3.62. The van der Waals surface area contributed by atoms with E-state index in [0.717, 1.165) is 65.4 Å². The molecule has 2 unspecified atom stereocenters. The quantitative estimate of drug-likeness (QED) is 0.263. The van der Waals surface area contributed by atoms with E-state index >= 15 is 0 Å². The van der Waals surface area contributed by atoms with Gasteiger partial charge in [-0.3, -0.25) is 0 Å². The fourth-order valence-electron chi connectivity index (χ4n) is 5.35. The van der Waals surface area contributed by atoms with Gasteiger partial charge in [-0.15, -0.1) is 0 Å². The molecule has 5 rings (SSSR count). The number of benzene rings is 2. The topological polar surface area (TPSA) is 124 Å². The van der Waals surface area contributed by atoms with Crippen LogP contribution in [-0.4, -0.2) is 45.4 Å². The molecule has 4 aromatic rings. The van der Waals surface area contributed by atoms with Crippen LogP contribution in [-0.2, 0) is 6.54 Å². The first-order valence-electron chi connectivity index (χ1n) is 13.1. The molecule has 6 N–H and O–H groups in total. The van der Waals surface area contributed by atoms with E-state index in [4.69, 9.17) is 16.2 Å². The maximum Gasteiger partial charge on any atom is 0.222 e. The summed E-state index contributed by atoms with van der Waals surface area (Å²) in [5, 5.41) is 14.4. The second-order valence-corrected chi connectivity index (χ2v) is 9.83. The number of ether oxygens (including phenoxy) is 1. The summed E-state index contributed by atoms with van der Waals surface area (Å²) in [4.78, 5) is 9.22. The summed E-state index contributed by atoms with van der Waals surface area (Å²) in [6, 6.07) is 14.7. The Balaban J connectivity index is 1.66. The largest absolute Gasteiger partial charge is 0.496 e. The molecule has 0 amide bonds. The SMILES string of the molecule is CCCC(CO)Nc1nc(N)nc2c3ccccc3n(Cc3cc(C4=CCC(N)CC4)ccc3OC)c12. The van der Waals surface area contributed by atoms with Crippen molar-refractivity contribution in [3.8, 4) is 5.75 Å². The third kappa shape index (κ3) is 4.99. The smallest absolute Gasteiger partial charge is 0.222 e. The van der Waals surface area contributed by atoms with Crippen molar-refractivity contribution in [1.29, 1.82) is 0 Å². The van der Waals surface area contributed by atoms with Gasteiger partial charge in [0.15, 0.2) is 5.82 Å². The molecule has 0 spiro atoms. The van der Waals surface area contributed by atoms with Crippen LogP contribution >= 0.6 is 0 Å². The molecular weight excluding hydrogens is 464 g/mol. The number of hydrogen-bond donors (Lipinski definition) is 4. The predicted molar refractivity (Wildman–Crippen MR) is 151 cm³/mol. The van der Waals surface area contributed by atoms with Gasteiger partial charge in [-0.25, -0.2) is 4.98 Å². The molecule has 0 radical (unpaired) electrons. The average molecular weight is 501 g/mol. The fourth-order valence-corrected chi connectivity index (χ4v) is 5.35. The predicted octanol–water partition coefficient (Wildman–Crippen LogP) is 4.69. The van der Waals surface area contributed by atoms with E-state index in [1.165, 1.54) is 11.1 Å². The lowest BCUT2D eigenvalue weighted by Gasteiger charge is -2.20. The monoisotopic (exact) mass is 500 g/mol. The van der Waals surface area contributed by atoms with Crippen LogP contribution in [0.2, 0.25) is 0 Å². The van der Waals surface area contributed by atoms with Crippen LogP contribution in [0.3, 0.4) is 0 Å². The summed E-state index contributed by atoms with van der Waals surface area (Å²) in [7, 11) is 1.71. The van der Waals surface area contributed by atoms with E-state index in [-0.39, 0.29) is 24.6 Å². The summed E-state index contributed by atoms with van der Waals surface area (Å²) in [5.74, 6) is 1.66. The van der Waals surface area contributed by atoms with E-state index in [0.29, 0.717) is 12.4 Å². The number of nitrogen functional groups attached to an aromatic ring is 1. The van der Waals surface area contributed by atoms with Gasteiger partial charge in [-0.1, -0.05) is 43.7 Å². The molecule has 37 heavy (non-hydrogen) atoms. The molecule has 0 bridgehead atoms. The number of nitrogens with two attached hydrogens (primary N) is 2. The van der Waals surface area contributed by atoms with Crippen molar-refractivity contribution in [3.63, 3.8) is 0 Å². The molecule has 8 heteroatoms. The van der Waals surface area contributed by atoms with Crippen LogP contribution in [0.15, 0.2) is 48.5 Å². The summed E-state index contributed by atoms with van der Waals surface area (Å²) < 4.78 is 8.01. The molecule has 0 fully saturated rings. The van der Waals surface area contributed by atoms with Gasteiger partial charge in [0.25, 0.3) is 0 Å². The van der Waals surface area contributed by atoms with E-state index in [9.17, 15) is 5.11 Å². The van der Waals surface area contributed by atoms with Crippen LogP contribution in [0.5, 0.6) is 5.75 Å². The van der Waals surface area contributed by atoms with Crippen LogP contribution in [0.1, 0.15) is 50.2 Å². The minimum Gasteiger partial charge on any atom is -0.496 e. The van der Waals surface area contributed by atoms with Crippen molar-refractivity contribution in [2.24, 2.45) is 5.73 Å². The highest BCUT2D eigenvalue weighted by Crippen LogP contribution is 2.36. The minimum atomic E-state index is -0.128. The van der Waals surface area contributed by atoms with Crippen LogP contribution in [0, 0.1) is 0 Å². The maximum atomic E-state index is 9.97. The summed E-state index contributed by atoms with van der Waals surface area (Å²) in [5.41, 5.74) is 18.6. The fraction of sp³-hybridized carbons (Fsp3) is 0.379. The van der Waals surface area contributed by atoms with Gasteiger partial charge in [0, 0.05) is 17.0 Å². The Morgan fingerprint density at radius 2 is 2.05 bits per heavy atom. The second-order valence-electron chi connectivity index (χ2n) is 9.83. The van der Waals surface area contributed by atoms with Crippen molar-refractivity contribution >= 4 is 39.3 Å². The van der Waals surface area contributed by atoms with Crippen LogP contribution < -0.4 is 21.5 Å². The van der Waals surface area contributed by atoms with Crippen molar-refractivity contribution in [1.82, 2.24) is 14.5 Å². The van der Waals surface area contributed by atoms with E-state index in [1.807, 2.05) is 18.2 Å². The standard InChI is InChI=1S/C29H36N6O2/c1-3-6-22(17-36)32-28-27-26(33-29(31)34-28)23-7-4-5-8-24(23)35(27)16-20-15-19(11-14-25(20)37-2)18-9-12-21(30)13-10-18/h4-5,7-9,11,14-15,21-22,36H,3,6,10,12-13,16-17,30H2,1-2H3,(H3,31,32,33,34). The zero-order valence-electron chi connectivity index (χ0n) is 21.6. The van der Waals surface area contributed by atoms with Crippen molar-refractivity contribution < 1.29 is 9.84 Å².